The van der Waals surface area contributed by atoms with Crippen molar-refractivity contribution >= 4 is 29.1 Å². The van der Waals surface area contributed by atoms with Gasteiger partial charge in [-0.25, -0.2) is 4.79 Å². The van der Waals surface area contributed by atoms with Crippen LogP contribution in [-0.4, -0.2) is 18.2 Å². The molecule has 0 atom stereocenters. The van der Waals surface area contributed by atoms with Gasteiger partial charge >= 0.3 is 5.97 Å². The molecule has 0 fully saturated rings. The van der Waals surface area contributed by atoms with Crippen LogP contribution in [0.25, 0.3) is 23.1 Å². The zero-order chi connectivity index (χ0) is 17.1. The molecule has 0 saturated heterocycles. The van der Waals surface area contributed by atoms with E-state index in [1.165, 1.54) is 18.4 Å². The van der Waals surface area contributed by atoms with Crippen LogP contribution < -0.4 is 10.2 Å². The predicted molar refractivity (Wildman–Crippen MR) is 91.4 cm³/mol. The molecule has 1 aromatic heterocycles. The van der Waals surface area contributed by atoms with Crippen molar-refractivity contribution in [1.29, 1.82) is 0 Å². The molecule has 0 spiro atoms. The lowest BCUT2D eigenvalue weighted by molar-refractivity contribution is 0.0697. The molecule has 5 nitrogen and oxygen atoms in total. The lowest BCUT2D eigenvalue weighted by Gasteiger charge is -2.02. The van der Waals surface area contributed by atoms with Crippen molar-refractivity contribution in [3.8, 4) is 5.75 Å². The van der Waals surface area contributed by atoms with Crippen LogP contribution in [0, 0.1) is 0 Å². The molecule has 0 radical (unpaired) electrons. The number of hydrogen-bond donors (Lipinski definition) is 1. The largest absolute Gasteiger partial charge is 0.497 e. The summed E-state index contributed by atoms with van der Waals surface area (Å²) in [6, 6.07) is 11.4. The van der Waals surface area contributed by atoms with Crippen molar-refractivity contribution in [3.63, 3.8) is 0 Å². The van der Waals surface area contributed by atoms with E-state index in [9.17, 15) is 9.59 Å². The predicted octanol–water partition coefficient (Wildman–Crippen LogP) is 3.67. The topological polar surface area (TPSA) is 76.7 Å². The molecule has 120 valence electrons. The van der Waals surface area contributed by atoms with E-state index in [-0.39, 0.29) is 11.0 Å². The molecular weight excluding hydrogens is 308 g/mol. The van der Waals surface area contributed by atoms with Crippen LogP contribution in [0.5, 0.6) is 5.75 Å². The SMILES string of the molecule is COc1ccc2c(=O)c(/C=C/c3ccc(C(=O)O)cc3)coc2c1. The minimum absolute atomic E-state index is 0.141. The molecular formula is C19H14O5. The average Bonchev–Trinajstić information content (AvgIpc) is 2.61. The highest BCUT2D eigenvalue weighted by Crippen LogP contribution is 2.19. The molecule has 24 heavy (non-hydrogen) atoms. The Kier molecular flexibility index (Phi) is 4.16. The standard InChI is InChI=1S/C19H14O5/c1-23-15-8-9-16-17(10-15)24-11-14(18(16)20)7-4-12-2-5-13(6-3-12)19(21)22/h2-11H,1H3,(H,21,22)/b7-4+. The van der Waals surface area contributed by atoms with Crippen LogP contribution in [0.3, 0.4) is 0 Å². The lowest BCUT2D eigenvalue weighted by Crippen LogP contribution is -2.04. The smallest absolute Gasteiger partial charge is 0.335 e. The van der Waals surface area contributed by atoms with Gasteiger partial charge in [-0.1, -0.05) is 18.2 Å². The minimum Gasteiger partial charge on any atom is -0.497 e. The monoisotopic (exact) mass is 322 g/mol. The molecule has 0 saturated carbocycles. The fraction of sp³-hybridized carbons (Fsp3) is 0.0526. The van der Waals surface area contributed by atoms with Gasteiger partial charge in [0.1, 0.15) is 17.6 Å². The number of carboxylic acid groups (broad SMARTS) is 1. The van der Waals surface area contributed by atoms with E-state index in [0.29, 0.717) is 22.3 Å². The summed E-state index contributed by atoms with van der Waals surface area (Å²) in [5.74, 6) is -0.358. The molecule has 1 N–H and O–H groups in total. The Morgan fingerprint density at radius 1 is 1.12 bits per heavy atom. The van der Waals surface area contributed by atoms with Gasteiger partial charge in [0.25, 0.3) is 0 Å². The Morgan fingerprint density at radius 2 is 1.88 bits per heavy atom. The highest BCUT2D eigenvalue weighted by molar-refractivity contribution is 5.88. The number of methoxy groups -OCH3 is 1. The summed E-state index contributed by atoms with van der Waals surface area (Å²) >= 11 is 0. The molecule has 0 aliphatic carbocycles. The molecule has 1 heterocycles. The maximum atomic E-state index is 12.5. The zero-order valence-electron chi connectivity index (χ0n) is 12.9. The fourth-order valence-electron chi connectivity index (χ4n) is 2.29. The fourth-order valence-corrected chi connectivity index (χ4v) is 2.29. The minimum atomic E-state index is -0.976. The lowest BCUT2D eigenvalue weighted by atomic mass is 10.1. The Bertz CT molecular complexity index is 981. The summed E-state index contributed by atoms with van der Waals surface area (Å²) in [7, 11) is 1.55. The first kappa shape index (κ1) is 15.6. The van der Waals surface area contributed by atoms with Crippen LogP contribution in [0.1, 0.15) is 21.5 Å². The van der Waals surface area contributed by atoms with Gasteiger partial charge < -0.3 is 14.3 Å². The number of benzene rings is 2. The molecule has 0 aliphatic rings. The number of carbonyl (C=O) groups is 1. The molecule has 0 unspecified atom stereocenters. The first-order valence-corrected chi connectivity index (χ1v) is 7.19. The van der Waals surface area contributed by atoms with Crippen molar-refractivity contribution in [2.45, 2.75) is 0 Å². The molecule has 3 rings (SSSR count). The third kappa shape index (κ3) is 3.05. The van der Waals surface area contributed by atoms with E-state index in [2.05, 4.69) is 0 Å². The van der Waals surface area contributed by atoms with E-state index in [1.807, 2.05) is 0 Å². The summed E-state index contributed by atoms with van der Waals surface area (Å²) < 4.78 is 10.6. The molecule has 5 heteroatoms. The van der Waals surface area contributed by atoms with Crippen LogP contribution >= 0.6 is 0 Å². The van der Waals surface area contributed by atoms with Crippen LogP contribution in [-0.2, 0) is 0 Å². The van der Waals surface area contributed by atoms with Crippen LogP contribution in [0.2, 0.25) is 0 Å². The van der Waals surface area contributed by atoms with E-state index < -0.39 is 5.97 Å². The maximum Gasteiger partial charge on any atom is 0.335 e. The van der Waals surface area contributed by atoms with Gasteiger partial charge in [0, 0.05) is 6.07 Å². The van der Waals surface area contributed by atoms with Gasteiger partial charge in [-0.3, -0.25) is 4.79 Å². The van der Waals surface area contributed by atoms with Crippen molar-refractivity contribution in [1.82, 2.24) is 0 Å². The Balaban J connectivity index is 1.93. The molecule has 3 aromatic rings. The number of hydrogen-bond acceptors (Lipinski definition) is 4. The second-order valence-electron chi connectivity index (χ2n) is 5.14. The second kappa shape index (κ2) is 6.42. The van der Waals surface area contributed by atoms with Gasteiger partial charge in [-0.2, -0.15) is 0 Å². The summed E-state index contributed by atoms with van der Waals surface area (Å²) in [5.41, 5.74) is 1.73. The van der Waals surface area contributed by atoms with Crippen molar-refractivity contribution < 1.29 is 19.1 Å². The first-order valence-electron chi connectivity index (χ1n) is 7.19. The van der Waals surface area contributed by atoms with E-state index in [0.717, 1.165) is 5.56 Å². The van der Waals surface area contributed by atoms with Crippen LogP contribution in [0.4, 0.5) is 0 Å². The number of fused-ring (bicyclic) bond motifs is 1. The molecule has 0 bridgehead atoms. The summed E-state index contributed by atoms with van der Waals surface area (Å²) in [6.45, 7) is 0. The normalized spacial score (nSPS) is 11.0. The van der Waals surface area contributed by atoms with Gasteiger partial charge in [0.15, 0.2) is 5.43 Å². The Morgan fingerprint density at radius 3 is 2.54 bits per heavy atom. The molecule has 0 aliphatic heterocycles. The third-order valence-corrected chi connectivity index (χ3v) is 3.62. The summed E-state index contributed by atoms with van der Waals surface area (Å²) in [6.07, 6.45) is 4.77. The van der Waals surface area contributed by atoms with Gasteiger partial charge in [-0.15, -0.1) is 0 Å². The highest BCUT2D eigenvalue weighted by atomic mass is 16.5. The number of rotatable bonds is 4. The van der Waals surface area contributed by atoms with E-state index in [1.54, 1.807) is 49.6 Å². The van der Waals surface area contributed by atoms with Crippen molar-refractivity contribution in [2.75, 3.05) is 7.11 Å². The highest BCUT2D eigenvalue weighted by Gasteiger charge is 2.06. The summed E-state index contributed by atoms with van der Waals surface area (Å²) in [4.78, 5) is 23.3. The number of aromatic carboxylic acids is 1. The molecule has 0 amide bonds. The van der Waals surface area contributed by atoms with Gasteiger partial charge in [0.2, 0.25) is 0 Å². The third-order valence-electron chi connectivity index (χ3n) is 3.62. The second-order valence-corrected chi connectivity index (χ2v) is 5.14. The van der Waals surface area contributed by atoms with Gasteiger partial charge in [-0.05, 0) is 35.9 Å². The molecule has 2 aromatic carbocycles. The van der Waals surface area contributed by atoms with Crippen molar-refractivity contribution in [3.05, 3.63) is 75.6 Å². The van der Waals surface area contributed by atoms with E-state index in [4.69, 9.17) is 14.3 Å². The zero-order valence-corrected chi connectivity index (χ0v) is 12.9. The number of carboxylic acids is 1. The van der Waals surface area contributed by atoms with Crippen LogP contribution in [0.15, 0.2) is 57.9 Å². The van der Waals surface area contributed by atoms with Crippen molar-refractivity contribution in [2.24, 2.45) is 0 Å². The first-order chi connectivity index (χ1) is 11.6. The quantitative estimate of drug-likeness (QED) is 0.793. The average molecular weight is 322 g/mol. The summed E-state index contributed by atoms with van der Waals surface area (Å²) in [5, 5.41) is 9.35. The van der Waals surface area contributed by atoms with Gasteiger partial charge in [0.05, 0.1) is 23.6 Å². The number of ether oxygens (including phenoxy) is 1. The Labute approximate surface area is 137 Å². The van der Waals surface area contributed by atoms with E-state index >= 15 is 0 Å². The maximum absolute atomic E-state index is 12.5. The Hall–Kier alpha value is -3.34.